The molecule has 150 valence electrons. The van der Waals surface area contributed by atoms with Crippen molar-refractivity contribution in [2.75, 3.05) is 18.9 Å². The van der Waals surface area contributed by atoms with Crippen LogP contribution in [0.5, 0.6) is 0 Å². The molecule has 4 rings (SSSR count). The Labute approximate surface area is 176 Å². The van der Waals surface area contributed by atoms with Crippen LogP contribution in [0.4, 0.5) is 10.5 Å². The van der Waals surface area contributed by atoms with Crippen molar-refractivity contribution in [3.63, 3.8) is 0 Å². The third-order valence-electron chi connectivity index (χ3n) is 5.17. The molecule has 0 fully saturated rings. The van der Waals surface area contributed by atoms with Gasteiger partial charge in [-0.1, -0.05) is 54.5 Å². The number of fused-ring (bicyclic) bond motifs is 3. The van der Waals surface area contributed by atoms with E-state index in [2.05, 4.69) is 46.4 Å². The van der Waals surface area contributed by atoms with E-state index in [-0.39, 0.29) is 5.92 Å². The smallest absolute Gasteiger partial charge is 0.407 e. The van der Waals surface area contributed by atoms with Gasteiger partial charge in [0.1, 0.15) is 12.3 Å². The van der Waals surface area contributed by atoms with E-state index < -0.39 is 6.09 Å². The molecular weight excluding hydrogens is 374 g/mol. The van der Waals surface area contributed by atoms with Gasteiger partial charge in [0, 0.05) is 18.9 Å². The SMILES string of the molecule is Cc1cc(N)cnc1C#CCCNC(=O)OCC1c2ccccc2-c2ccccc21. The van der Waals surface area contributed by atoms with Gasteiger partial charge in [0.25, 0.3) is 0 Å². The number of ether oxygens (including phenoxy) is 1. The Morgan fingerprint density at radius 3 is 2.47 bits per heavy atom. The number of hydrogen-bond acceptors (Lipinski definition) is 4. The molecule has 1 heterocycles. The summed E-state index contributed by atoms with van der Waals surface area (Å²) in [5, 5.41) is 2.76. The summed E-state index contributed by atoms with van der Waals surface area (Å²) in [5.41, 5.74) is 12.8. The second-order valence-electron chi connectivity index (χ2n) is 7.24. The predicted molar refractivity (Wildman–Crippen MR) is 118 cm³/mol. The largest absolute Gasteiger partial charge is 0.449 e. The fraction of sp³-hybridized carbons (Fsp3) is 0.200. The third-order valence-corrected chi connectivity index (χ3v) is 5.17. The van der Waals surface area contributed by atoms with E-state index in [9.17, 15) is 4.79 Å². The lowest BCUT2D eigenvalue weighted by molar-refractivity contribution is 0.143. The van der Waals surface area contributed by atoms with E-state index in [1.54, 1.807) is 6.20 Å². The quantitative estimate of drug-likeness (QED) is 0.510. The van der Waals surface area contributed by atoms with Crippen LogP contribution in [0.25, 0.3) is 11.1 Å². The number of aromatic nitrogens is 1. The number of amides is 1. The van der Waals surface area contributed by atoms with Crippen molar-refractivity contribution in [1.82, 2.24) is 10.3 Å². The lowest BCUT2D eigenvalue weighted by Gasteiger charge is -2.14. The topological polar surface area (TPSA) is 77.2 Å². The van der Waals surface area contributed by atoms with E-state index in [0.717, 1.165) is 5.56 Å². The molecule has 5 heteroatoms. The minimum absolute atomic E-state index is 0.0579. The second-order valence-corrected chi connectivity index (χ2v) is 7.24. The maximum Gasteiger partial charge on any atom is 0.407 e. The Balaban J connectivity index is 1.29. The highest BCUT2D eigenvalue weighted by Crippen LogP contribution is 2.44. The standard InChI is InChI=1S/C25H23N3O2/c1-17-14-18(26)15-28-24(17)12-6-7-13-27-25(29)30-16-23-21-10-4-2-8-19(21)20-9-3-5-11-22(20)23/h2-5,8-11,14-15,23H,7,13,16,26H2,1H3,(H,27,29). The summed E-state index contributed by atoms with van der Waals surface area (Å²) in [6, 6.07) is 18.4. The normalized spacial score (nSPS) is 11.8. The van der Waals surface area contributed by atoms with Crippen molar-refractivity contribution in [3.8, 4) is 23.0 Å². The summed E-state index contributed by atoms with van der Waals surface area (Å²) < 4.78 is 5.51. The monoisotopic (exact) mass is 397 g/mol. The molecule has 2 aromatic carbocycles. The van der Waals surface area contributed by atoms with Gasteiger partial charge in [-0.2, -0.15) is 0 Å². The van der Waals surface area contributed by atoms with Crippen LogP contribution >= 0.6 is 0 Å². The highest BCUT2D eigenvalue weighted by atomic mass is 16.5. The van der Waals surface area contributed by atoms with Gasteiger partial charge < -0.3 is 15.8 Å². The van der Waals surface area contributed by atoms with Gasteiger partial charge in [-0.25, -0.2) is 9.78 Å². The summed E-state index contributed by atoms with van der Waals surface area (Å²) >= 11 is 0. The maximum absolute atomic E-state index is 12.1. The second kappa shape index (κ2) is 8.71. The molecule has 1 aliphatic carbocycles. The predicted octanol–water partition coefficient (Wildman–Crippen LogP) is 4.25. The van der Waals surface area contributed by atoms with E-state index in [0.29, 0.717) is 31.0 Å². The molecule has 0 aliphatic heterocycles. The molecule has 0 radical (unpaired) electrons. The number of benzene rings is 2. The molecule has 1 aromatic heterocycles. The minimum atomic E-state index is -0.430. The zero-order valence-corrected chi connectivity index (χ0v) is 16.8. The zero-order valence-electron chi connectivity index (χ0n) is 16.8. The van der Waals surface area contributed by atoms with Crippen LogP contribution in [0.3, 0.4) is 0 Å². The molecular formula is C25H23N3O2. The molecule has 0 saturated heterocycles. The van der Waals surface area contributed by atoms with Crippen molar-refractivity contribution in [2.45, 2.75) is 19.3 Å². The third kappa shape index (κ3) is 4.13. The number of pyridine rings is 1. The molecule has 30 heavy (non-hydrogen) atoms. The van der Waals surface area contributed by atoms with Crippen molar-refractivity contribution in [3.05, 3.63) is 83.2 Å². The van der Waals surface area contributed by atoms with Crippen LogP contribution in [0.1, 0.15) is 34.7 Å². The van der Waals surface area contributed by atoms with Crippen molar-refractivity contribution < 1.29 is 9.53 Å². The average Bonchev–Trinajstić information content (AvgIpc) is 3.07. The number of alkyl carbamates (subject to hydrolysis) is 1. The number of nitrogens with one attached hydrogen (secondary N) is 1. The number of rotatable bonds is 4. The van der Waals surface area contributed by atoms with Gasteiger partial charge >= 0.3 is 6.09 Å². The number of nitrogen functional groups attached to an aromatic ring is 1. The van der Waals surface area contributed by atoms with Crippen LogP contribution in [0.2, 0.25) is 0 Å². The first kappa shape index (κ1) is 19.5. The molecule has 0 saturated carbocycles. The van der Waals surface area contributed by atoms with Crippen LogP contribution in [0.15, 0.2) is 60.8 Å². The number of anilines is 1. The summed E-state index contributed by atoms with van der Waals surface area (Å²) in [5.74, 6) is 6.08. The van der Waals surface area contributed by atoms with Gasteiger partial charge in [-0.05, 0) is 46.7 Å². The van der Waals surface area contributed by atoms with Gasteiger partial charge in [-0.3, -0.25) is 0 Å². The molecule has 0 spiro atoms. The van der Waals surface area contributed by atoms with E-state index in [1.165, 1.54) is 22.3 Å². The Morgan fingerprint density at radius 1 is 1.13 bits per heavy atom. The molecule has 1 aliphatic rings. The molecule has 5 nitrogen and oxygen atoms in total. The number of nitrogens with zero attached hydrogens (tertiary/aromatic N) is 1. The number of carbonyl (C=O) groups is 1. The summed E-state index contributed by atoms with van der Waals surface area (Å²) in [6.07, 6.45) is 1.67. The highest BCUT2D eigenvalue weighted by Gasteiger charge is 2.28. The molecule has 0 unspecified atom stereocenters. The number of nitrogens with two attached hydrogens (primary N) is 1. The van der Waals surface area contributed by atoms with Crippen LogP contribution < -0.4 is 11.1 Å². The first-order chi connectivity index (χ1) is 14.6. The zero-order chi connectivity index (χ0) is 20.9. The lowest BCUT2D eigenvalue weighted by atomic mass is 9.98. The summed E-state index contributed by atoms with van der Waals surface area (Å²) in [7, 11) is 0. The molecule has 0 atom stereocenters. The molecule has 3 N–H and O–H groups in total. The maximum atomic E-state index is 12.1. The van der Waals surface area contributed by atoms with Crippen molar-refractivity contribution >= 4 is 11.8 Å². The van der Waals surface area contributed by atoms with Gasteiger partial charge in [-0.15, -0.1) is 0 Å². The Bertz CT molecular complexity index is 1100. The van der Waals surface area contributed by atoms with Crippen LogP contribution in [0, 0.1) is 18.8 Å². The van der Waals surface area contributed by atoms with E-state index in [4.69, 9.17) is 10.5 Å². The van der Waals surface area contributed by atoms with Gasteiger partial charge in [0.15, 0.2) is 0 Å². The Kier molecular flexibility index (Phi) is 5.67. The van der Waals surface area contributed by atoms with Gasteiger partial charge in [0.05, 0.1) is 11.9 Å². The lowest BCUT2D eigenvalue weighted by Crippen LogP contribution is -2.26. The van der Waals surface area contributed by atoms with Crippen LogP contribution in [-0.2, 0) is 4.74 Å². The molecule has 0 bridgehead atoms. The first-order valence-corrected chi connectivity index (χ1v) is 9.93. The fourth-order valence-electron chi connectivity index (χ4n) is 3.75. The summed E-state index contributed by atoms with van der Waals surface area (Å²) in [4.78, 5) is 16.4. The first-order valence-electron chi connectivity index (χ1n) is 9.93. The minimum Gasteiger partial charge on any atom is -0.449 e. The van der Waals surface area contributed by atoms with E-state index in [1.807, 2.05) is 37.3 Å². The molecule has 3 aromatic rings. The molecule has 1 amide bonds. The Hall–Kier alpha value is -3.78. The Morgan fingerprint density at radius 2 is 1.80 bits per heavy atom. The van der Waals surface area contributed by atoms with E-state index >= 15 is 0 Å². The highest BCUT2D eigenvalue weighted by molar-refractivity contribution is 5.79. The van der Waals surface area contributed by atoms with Crippen molar-refractivity contribution in [2.24, 2.45) is 0 Å². The number of aryl methyl sites for hydroxylation is 1. The average molecular weight is 397 g/mol. The van der Waals surface area contributed by atoms with Crippen LogP contribution in [-0.4, -0.2) is 24.2 Å². The number of hydrogen-bond donors (Lipinski definition) is 2. The van der Waals surface area contributed by atoms with Gasteiger partial charge in [0.2, 0.25) is 0 Å². The summed E-state index contributed by atoms with van der Waals surface area (Å²) in [6.45, 7) is 2.64. The fourth-order valence-corrected chi connectivity index (χ4v) is 3.75. The van der Waals surface area contributed by atoms with Crippen molar-refractivity contribution in [1.29, 1.82) is 0 Å². The number of carbonyl (C=O) groups excluding carboxylic acids is 1.